The average Bonchev–Trinajstić information content (AvgIpc) is 3.06. The summed E-state index contributed by atoms with van der Waals surface area (Å²) in [6, 6.07) is 11.2. The number of benzene rings is 2. The largest absolute Gasteiger partial charge is 0.493 e. The Morgan fingerprint density at radius 3 is 2.27 bits per heavy atom. The number of carbonyl (C=O) groups excluding carboxylic acids is 2. The summed E-state index contributed by atoms with van der Waals surface area (Å²) >= 11 is 0. The molecule has 7 heteroatoms. The van der Waals surface area contributed by atoms with Crippen molar-refractivity contribution in [2.75, 3.05) is 38.9 Å². The van der Waals surface area contributed by atoms with Crippen molar-refractivity contribution in [1.29, 1.82) is 0 Å². The third kappa shape index (κ3) is 4.25. The quantitative estimate of drug-likeness (QED) is 0.684. The highest BCUT2D eigenvalue weighted by atomic mass is 16.5. The summed E-state index contributed by atoms with van der Waals surface area (Å²) in [5.41, 5.74) is 4.64. The first-order valence-corrected chi connectivity index (χ1v) is 9.74. The summed E-state index contributed by atoms with van der Waals surface area (Å²) in [6.07, 6.45) is 0.990. The molecule has 2 aromatic carbocycles. The molecule has 1 heterocycles. The number of amides is 2. The average molecular weight is 409 g/mol. The number of nitrogens with zero attached hydrogens (tertiary/aromatic N) is 1. The highest BCUT2D eigenvalue weighted by Crippen LogP contribution is 2.42. The number of allylic oxidation sites excluding steroid dienone is 1. The zero-order chi connectivity index (χ0) is 21.8. The number of likely N-dealkylation sites (N-methyl/N-ethyl adjacent to an activating group) is 1. The molecule has 0 unspecified atom stereocenters. The summed E-state index contributed by atoms with van der Waals surface area (Å²) in [4.78, 5) is 26.2. The molecule has 2 N–H and O–H groups in total. The highest BCUT2D eigenvalue weighted by molar-refractivity contribution is 6.32. The van der Waals surface area contributed by atoms with E-state index >= 15 is 0 Å². The smallest absolute Gasteiger partial charge is 0.258 e. The van der Waals surface area contributed by atoms with Crippen LogP contribution in [-0.2, 0) is 16.0 Å². The van der Waals surface area contributed by atoms with E-state index in [-0.39, 0.29) is 11.8 Å². The van der Waals surface area contributed by atoms with Gasteiger partial charge in [-0.3, -0.25) is 9.59 Å². The van der Waals surface area contributed by atoms with Crippen LogP contribution in [0.4, 0.5) is 11.4 Å². The summed E-state index contributed by atoms with van der Waals surface area (Å²) in [6.45, 7) is 1.99. The lowest BCUT2D eigenvalue weighted by molar-refractivity contribution is -0.128. The Hall–Kier alpha value is -3.48. The van der Waals surface area contributed by atoms with Crippen molar-refractivity contribution in [1.82, 2.24) is 4.90 Å². The van der Waals surface area contributed by atoms with Gasteiger partial charge in [0.05, 0.1) is 31.9 Å². The topological polar surface area (TPSA) is 79.9 Å². The van der Waals surface area contributed by atoms with Crippen molar-refractivity contribution in [3.05, 3.63) is 53.2 Å². The SMILES string of the molecule is CC/C(Nc1ccc(CC(=O)N(C)C)cc1)=C1/C(=O)Nc2cc(OC)c(OC)cc21. The molecular weight excluding hydrogens is 382 g/mol. The lowest BCUT2D eigenvalue weighted by Gasteiger charge is -2.14. The fourth-order valence-corrected chi connectivity index (χ4v) is 3.34. The molecule has 0 aromatic heterocycles. The van der Waals surface area contributed by atoms with Gasteiger partial charge in [0, 0.05) is 37.1 Å². The summed E-state index contributed by atoms with van der Waals surface area (Å²) in [5, 5.41) is 6.26. The molecular formula is C23H27N3O4. The van der Waals surface area contributed by atoms with E-state index in [2.05, 4.69) is 10.6 Å². The van der Waals surface area contributed by atoms with E-state index in [0.717, 1.165) is 22.5 Å². The summed E-state index contributed by atoms with van der Waals surface area (Å²) < 4.78 is 10.7. The van der Waals surface area contributed by atoms with E-state index in [0.29, 0.717) is 35.6 Å². The standard InChI is InChI=1S/C23H27N3O4/c1-6-17(24-15-9-7-14(8-10-15)11-21(27)26(2)3)22-16-12-19(29-4)20(30-5)13-18(16)25-23(22)28/h7-10,12-13,24H,6,11H2,1-5H3,(H,25,28)/b22-17-. The molecule has 0 saturated carbocycles. The number of anilines is 2. The second-order valence-corrected chi connectivity index (χ2v) is 7.20. The van der Waals surface area contributed by atoms with Crippen LogP contribution in [0.15, 0.2) is 42.1 Å². The molecule has 0 fully saturated rings. The van der Waals surface area contributed by atoms with Crippen LogP contribution in [0.25, 0.3) is 5.57 Å². The second-order valence-electron chi connectivity index (χ2n) is 7.20. The number of carbonyl (C=O) groups is 2. The van der Waals surface area contributed by atoms with E-state index in [1.807, 2.05) is 37.3 Å². The van der Waals surface area contributed by atoms with Gasteiger partial charge in [0.2, 0.25) is 5.91 Å². The maximum atomic E-state index is 12.7. The molecule has 1 aliphatic rings. The van der Waals surface area contributed by atoms with Crippen molar-refractivity contribution >= 4 is 28.8 Å². The van der Waals surface area contributed by atoms with Crippen LogP contribution in [0.3, 0.4) is 0 Å². The first-order chi connectivity index (χ1) is 14.4. The van der Waals surface area contributed by atoms with Crippen molar-refractivity contribution in [2.45, 2.75) is 19.8 Å². The minimum Gasteiger partial charge on any atom is -0.493 e. The molecule has 0 aliphatic carbocycles. The number of fused-ring (bicyclic) bond motifs is 1. The second kappa shape index (κ2) is 8.90. The van der Waals surface area contributed by atoms with Crippen LogP contribution in [0.5, 0.6) is 11.5 Å². The maximum absolute atomic E-state index is 12.7. The van der Waals surface area contributed by atoms with Crippen molar-refractivity contribution < 1.29 is 19.1 Å². The van der Waals surface area contributed by atoms with Crippen molar-refractivity contribution in [3.8, 4) is 11.5 Å². The first kappa shape index (κ1) is 21.2. The molecule has 2 aromatic rings. The van der Waals surface area contributed by atoms with Crippen LogP contribution in [0.2, 0.25) is 0 Å². The molecule has 30 heavy (non-hydrogen) atoms. The third-order valence-electron chi connectivity index (χ3n) is 5.03. The molecule has 0 atom stereocenters. The van der Waals surface area contributed by atoms with E-state index in [1.165, 1.54) is 0 Å². The molecule has 7 nitrogen and oxygen atoms in total. The van der Waals surface area contributed by atoms with E-state index in [9.17, 15) is 9.59 Å². The molecule has 0 radical (unpaired) electrons. The van der Waals surface area contributed by atoms with Gasteiger partial charge in [-0.15, -0.1) is 0 Å². The summed E-state index contributed by atoms with van der Waals surface area (Å²) in [5.74, 6) is 1.01. The van der Waals surface area contributed by atoms with Crippen LogP contribution in [-0.4, -0.2) is 45.0 Å². The van der Waals surface area contributed by atoms with Gasteiger partial charge < -0.3 is 25.0 Å². The Morgan fingerprint density at radius 1 is 1.07 bits per heavy atom. The van der Waals surface area contributed by atoms with Gasteiger partial charge in [0.1, 0.15) is 0 Å². The molecule has 0 spiro atoms. The molecule has 0 saturated heterocycles. The number of nitrogens with one attached hydrogen (secondary N) is 2. The van der Waals surface area contributed by atoms with Crippen LogP contribution < -0.4 is 20.1 Å². The zero-order valence-electron chi connectivity index (χ0n) is 18.0. The first-order valence-electron chi connectivity index (χ1n) is 9.74. The summed E-state index contributed by atoms with van der Waals surface area (Å²) in [7, 11) is 6.62. The molecule has 3 rings (SSSR count). The van der Waals surface area contributed by atoms with Gasteiger partial charge in [0.15, 0.2) is 11.5 Å². The van der Waals surface area contributed by atoms with Crippen LogP contribution in [0.1, 0.15) is 24.5 Å². The monoisotopic (exact) mass is 409 g/mol. The van der Waals surface area contributed by atoms with Crippen LogP contribution in [0, 0.1) is 0 Å². The Bertz CT molecular complexity index is 994. The molecule has 158 valence electrons. The van der Waals surface area contributed by atoms with Gasteiger partial charge >= 0.3 is 0 Å². The van der Waals surface area contributed by atoms with Crippen molar-refractivity contribution in [2.24, 2.45) is 0 Å². The Labute approximate surface area is 176 Å². The van der Waals surface area contributed by atoms with Gasteiger partial charge in [0.25, 0.3) is 5.91 Å². The van der Waals surface area contributed by atoms with E-state index in [1.54, 1.807) is 39.3 Å². The number of rotatable bonds is 7. The molecule has 1 aliphatic heterocycles. The highest BCUT2D eigenvalue weighted by Gasteiger charge is 2.29. The lowest BCUT2D eigenvalue weighted by atomic mass is 10.0. The predicted octanol–water partition coefficient (Wildman–Crippen LogP) is 3.52. The van der Waals surface area contributed by atoms with Crippen molar-refractivity contribution in [3.63, 3.8) is 0 Å². The lowest BCUT2D eigenvalue weighted by Crippen LogP contribution is -2.23. The number of methoxy groups -OCH3 is 2. The predicted molar refractivity (Wildman–Crippen MR) is 118 cm³/mol. The Morgan fingerprint density at radius 2 is 1.70 bits per heavy atom. The number of hydrogen-bond donors (Lipinski definition) is 2. The van der Waals surface area contributed by atoms with E-state index in [4.69, 9.17) is 9.47 Å². The van der Waals surface area contributed by atoms with Gasteiger partial charge in [-0.25, -0.2) is 0 Å². The minimum atomic E-state index is -0.169. The van der Waals surface area contributed by atoms with Gasteiger partial charge in [-0.1, -0.05) is 19.1 Å². The third-order valence-corrected chi connectivity index (χ3v) is 5.03. The number of hydrogen-bond acceptors (Lipinski definition) is 5. The fourth-order valence-electron chi connectivity index (χ4n) is 3.34. The van der Waals surface area contributed by atoms with Gasteiger partial charge in [-0.05, 0) is 30.2 Å². The Kier molecular flexibility index (Phi) is 6.30. The molecule has 0 bridgehead atoms. The minimum absolute atomic E-state index is 0.0516. The van der Waals surface area contributed by atoms with Gasteiger partial charge in [-0.2, -0.15) is 0 Å². The normalized spacial score (nSPS) is 14.0. The zero-order valence-corrected chi connectivity index (χ0v) is 18.0. The maximum Gasteiger partial charge on any atom is 0.258 e. The van der Waals surface area contributed by atoms with E-state index < -0.39 is 0 Å². The fraction of sp³-hybridized carbons (Fsp3) is 0.304. The Balaban J connectivity index is 1.91. The number of ether oxygens (including phenoxy) is 2. The molecule has 2 amide bonds. The van der Waals surface area contributed by atoms with Crippen LogP contribution >= 0.6 is 0 Å².